The zero-order valence-electron chi connectivity index (χ0n) is 19.2. The molecular weight excluding hydrogens is 436 g/mol. The quantitative estimate of drug-likeness (QED) is 0.497. The zero-order valence-corrected chi connectivity index (χ0v) is 19.2. The number of amides is 1. The first-order valence-electron chi connectivity index (χ1n) is 11.9. The number of carbonyl (C=O) groups excluding carboxylic acids is 1. The Hall–Kier alpha value is -3.08. The standard InChI is InChI=1S/C24H30N6O4/c25-21-18(23(31)26-16-17-5-3-12-34-17)15-19-22(27-20-6-1-2-8-29(20)24(19)32)30(21)9-4-7-28-10-13-33-14-11-28/h1-2,6,8,15,17,25H,3-5,7,9-14,16H2,(H,26,31). The Bertz CT molecular complexity index is 1300. The highest BCUT2D eigenvalue weighted by atomic mass is 16.5. The van der Waals surface area contributed by atoms with Gasteiger partial charge in [0.25, 0.3) is 11.5 Å². The first-order chi connectivity index (χ1) is 16.6. The molecule has 0 aromatic carbocycles. The number of pyridine rings is 2. The molecule has 1 atom stereocenters. The summed E-state index contributed by atoms with van der Waals surface area (Å²) in [6, 6.07) is 6.87. The van der Waals surface area contributed by atoms with E-state index < -0.39 is 0 Å². The van der Waals surface area contributed by atoms with Gasteiger partial charge in [-0.15, -0.1) is 0 Å². The lowest BCUT2D eigenvalue weighted by atomic mass is 10.1. The molecule has 3 aromatic rings. The number of aromatic nitrogens is 3. The molecular formula is C24H30N6O4. The summed E-state index contributed by atoms with van der Waals surface area (Å²) in [6.07, 6.45) is 4.32. The number of nitrogens with one attached hydrogen (secondary N) is 2. The van der Waals surface area contributed by atoms with Crippen LogP contribution in [0.2, 0.25) is 0 Å². The zero-order chi connectivity index (χ0) is 23.5. The predicted octanol–water partition coefficient (Wildman–Crippen LogP) is 0.760. The molecule has 2 saturated heterocycles. The van der Waals surface area contributed by atoms with E-state index in [1.54, 1.807) is 22.9 Å². The number of carbonyl (C=O) groups is 1. The van der Waals surface area contributed by atoms with Crippen LogP contribution in [0.3, 0.4) is 0 Å². The smallest absolute Gasteiger partial charge is 0.267 e. The van der Waals surface area contributed by atoms with Gasteiger partial charge in [-0.25, -0.2) is 4.98 Å². The average Bonchev–Trinajstić information content (AvgIpc) is 3.38. The van der Waals surface area contributed by atoms with Gasteiger partial charge in [0, 0.05) is 45.5 Å². The van der Waals surface area contributed by atoms with Crippen LogP contribution in [0.25, 0.3) is 16.7 Å². The fraction of sp³-hybridized carbons (Fsp3) is 0.500. The SMILES string of the molecule is N=c1c(C(=O)NCC2CCCO2)cc2c(=O)n3ccccc3nc2n1CCCN1CCOCC1. The number of fused-ring (bicyclic) bond motifs is 2. The molecule has 3 aromatic heterocycles. The minimum Gasteiger partial charge on any atom is -0.379 e. The lowest BCUT2D eigenvalue weighted by molar-refractivity contribution is 0.0369. The van der Waals surface area contributed by atoms with E-state index in [0.29, 0.717) is 36.4 Å². The van der Waals surface area contributed by atoms with E-state index in [4.69, 9.17) is 19.9 Å². The van der Waals surface area contributed by atoms with E-state index >= 15 is 0 Å². The first kappa shape index (κ1) is 22.7. The molecule has 0 spiro atoms. The van der Waals surface area contributed by atoms with E-state index in [1.807, 2.05) is 6.07 Å². The second-order valence-electron chi connectivity index (χ2n) is 8.79. The maximum absolute atomic E-state index is 13.3. The monoisotopic (exact) mass is 466 g/mol. The Morgan fingerprint density at radius 1 is 1.21 bits per heavy atom. The summed E-state index contributed by atoms with van der Waals surface area (Å²) in [5.41, 5.74) is 0.921. The molecule has 5 heterocycles. The Morgan fingerprint density at radius 3 is 2.85 bits per heavy atom. The number of aryl methyl sites for hydroxylation is 1. The minimum atomic E-state index is -0.373. The van der Waals surface area contributed by atoms with Crippen molar-refractivity contribution >= 4 is 22.6 Å². The van der Waals surface area contributed by atoms with Crippen LogP contribution in [0.15, 0.2) is 35.3 Å². The van der Waals surface area contributed by atoms with Crippen molar-refractivity contribution in [2.75, 3.05) is 46.0 Å². The van der Waals surface area contributed by atoms with E-state index in [0.717, 1.165) is 52.1 Å². The second-order valence-corrected chi connectivity index (χ2v) is 8.79. The fourth-order valence-electron chi connectivity index (χ4n) is 4.66. The van der Waals surface area contributed by atoms with Crippen molar-refractivity contribution in [3.63, 3.8) is 0 Å². The van der Waals surface area contributed by atoms with Crippen LogP contribution in [-0.4, -0.2) is 76.9 Å². The van der Waals surface area contributed by atoms with Crippen molar-refractivity contribution in [2.24, 2.45) is 0 Å². The molecule has 34 heavy (non-hydrogen) atoms. The molecule has 2 aliphatic rings. The molecule has 2 fully saturated rings. The largest absolute Gasteiger partial charge is 0.379 e. The third-order valence-electron chi connectivity index (χ3n) is 6.54. The van der Waals surface area contributed by atoms with Crippen LogP contribution in [0.5, 0.6) is 0 Å². The molecule has 10 nitrogen and oxygen atoms in total. The number of rotatable bonds is 7. The Kier molecular flexibility index (Phi) is 6.70. The molecule has 0 saturated carbocycles. The van der Waals surface area contributed by atoms with E-state index in [-0.39, 0.29) is 28.6 Å². The van der Waals surface area contributed by atoms with Crippen molar-refractivity contribution in [3.8, 4) is 0 Å². The van der Waals surface area contributed by atoms with Crippen molar-refractivity contribution in [3.05, 3.63) is 51.9 Å². The number of morpholine rings is 1. The number of hydrogen-bond donors (Lipinski definition) is 2. The summed E-state index contributed by atoms with van der Waals surface area (Å²) in [5.74, 6) is -0.373. The van der Waals surface area contributed by atoms with E-state index in [9.17, 15) is 9.59 Å². The maximum Gasteiger partial charge on any atom is 0.267 e. The van der Waals surface area contributed by atoms with Gasteiger partial charge in [0.05, 0.1) is 30.3 Å². The molecule has 1 amide bonds. The Morgan fingerprint density at radius 2 is 2.06 bits per heavy atom. The molecule has 0 bridgehead atoms. The van der Waals surface area contributed by atoms with Gasteiger partial charge in [-0.3, -0.25) is 24.3 Å². The van der Waals surface area contributed by atoms with Crippen LogP contribution in [-0.2, 0) is 16.0 Å². The van der Waals surface area contributed by atoms with Crippen LogP contribution in [0.4, 0.5) is 0 Å². The highest BCUT2D eigenvalue weighted by Gasteiger charge is 2.20. The van der Waals surface area contributed by atoms with E-state index in [1.165, 1.54) is 10.5 Å². The van der Waals surface area contributed by atoms with Crippen molar-refractivity contribution in [1.82, 2.24) is 24.2 Å². The molecule has 10 heteroatoms. The van der Waals surface area contributed by atoms with Crippen LogP contribution in [0, 0.1) is 5.41 Å². The normalized spacial score (nSPS) is 19.1. The molecule has 0 radical (unpaired) electrons. The number of nitrogens with zero attached hydrogens (tertiary/aromatic N) is 4. The van der Waals surface area contributed by atoms with Gasteiger partial charge in [0.15, 0.2) is 0 Å². The molecule has 5 rings (SSSR count). The molecule has 2 N–H and O–H groups in total. The highest BCUT2D eigenvalue weighted by molar-refractivity contribution is 5.96. The molecule has 1 unspecified atom stereocenters. The van der Waals surface area contributed by atoms with Gasteiger partial charge in [-0.1, -0.05) is 6.07 Å². The van der Waals surface area contributed by atoms with Gasteiger partial charge >= 0.3 is 0 Å². The van der Waals surface area contributed by atoms with Crippen molar-refractivity contribution in [1.29, 1.82) is 5.41 Å². The summed E-state index contributed by atoms with van der Waals surface area (Å²) in [5, 5.41) is 12.1. The fourth-order valence-corrected chi connectivity index (χ4v) is 4.66. The van der Waals surface area contributed by atoms with Crippen LogP contribution < -0.4 is 16.4 Å². The van der Waals surface area contributed by atoms with Crippen molar-refractivity contribution < 1.29 is 14.3 Å². The lowest BCUT2D eigenvalue weighted by Gasteiger charge is -2.26. The van der Waals surface area contributed by atoms with Gasteiger partial charge in [-0.2, -0.15) is 0 Å². The van der Waals surface area contributed by atoms with Crippen molar-refractivity contribution in [2.45, 2.75) is 31.9 Å². The maximum atomic E-state index is 13.3. The van der Waals surface area contributed by atoms with Gasteiger partial charge in [0.1, 0.15) is 16.8 Å². The lowest BCUT2D eigenvalue weighted by Crippen LogP contribution is -2.39. The Labute approximate surface area is 196 Å². The van der Waals surface area contributed by atoms with Gasteiger partial charge < -0.3 is 19.4 Å². The third-order valence-corrected chi connectivity index (χ3v) is 6.54. The van der Waals surface area contributed by atoms with Crippen LogP contribution in [0.1, 0.15) is 29.6 Å². The molecule has 2 aliphatic heterocycles. The Balaban J connectivity index is 1.50. The highest BCUT2D eigenvalue weighted by Crippen LogP contribution is 2.13. The van der Waals surface area contributed by atoms with Crippen LogP contribution >= 0.6 is 0 Å². The topological polar surface area (TPSA) is 114 Å². The minimum absolute atomic E-state index is 0.00419. The number of hydrogen-bond acceptors (Lipinski definition) is 7. The predicted molar refractivity (Wildman–Crippen MR) is 126 cm³/mol. The summed E-state index contributed by atoms with van der Waals surface area (Å²) in [7, 11) is 0. The number of ether oxygens (including phenoxy) is 2. The first-order valence-corrected chi connectivity index (χ1v) is 11.9. The summed E-state index contributed by atoms with van der Waals surface area (Å²) >= 11 is 0. The molecule has 0 aliphatic carbocycles. The van der Waals surface area contributed by atoms with Gasteiger partial charge in [0.2, 0.25) is 0 Å². The van der Waals surface area contributed by atoms with Gasteiger partial charge in [-0.05, 0) is 37.5 Å². The summed E-state index contributed by atoms with van der Waals surface area (Å²) in [4.78, 5) is 33.4. The average molecular weight is 467 g/mol. The molecule has 180 valence electrons. The van der Waals surface area contributed by atoms with E-state index in [2.05, 4.69) is 10.2 Å². The summed E-state index contributed by atoms with van der Waals surface area (Å²) < 4.78 is 14.2. The second kappa shape index (κ2) is 10.0. The summed E-state index contributed by atoms with van der Waals surface area (Å²) in [6.45, 7) is 5.65. The third kappa shape index (κ3) is 4.61.